The van der Waals surface area contributed by atoms with Crippen molar-refractivity contribution in [2.24, 2.45) is 0 Å². The average molecular weight is 297 g/mol. The van der Waals surface area contributed by atoms with Crippen LogP contribution in [0.2, 0.25) is 10.2 Å². The lowest BCUT2D eigenvalue weighted by atomic mass is 10.2. The third-order valence-corrected chi connectivity index (χ3v) is 2.93. The third-order valence-electron chi connectivity index (χ3n) is 2.41. The van der Waals surface area contributed by atoms with Crippen molar-refractivity contribution in [2.75, 3.05) is 12.4 Å². The van der Waals surface area contributed by atoms with Gasteiger partial charge in [0.1, 0.15) is 10.9 Å². The highest BCUT2D eigenvalue weighted by molar-refractivity contribution is 6.34. The minimum absolute atomic E-state index is 0.258. The molecular formula is C13H10Cl2N2O2. The first kappa shape index (κ1) is 13.6. The number of ether oxygens (including phenoxy) is 1. The Bertz CT molecular complexity index is 617. The molecule has 19 heavy (non-hydrogen) atoms. The molecule has 0 spiro atoms. The normalized spacial score (nSPS) is 10.1. The number of hydrogen-bond acceptors (Lipinski definition) is 3. The molecule has 0 unspecified atom stereocenters. The number of aromatic nitrogens is 1. The van der Waals surface area contributed by atoms with E-state index in [2.05, 4.69) is 10.3 Å². The number of anilines is 1. The van der Waals surface area contributed by atoms with Crippen molar-refractivity contribution in [3.8, 4) is 5.75 Å². The lowest BCUT2D eigenvalue weighted by Crippen LogP contribution is -2.12. The second-order valence-electron chi connectivity index (χ2n) is 3.67. The van der Waals surface area contributed by atoms with E-state index in [1.807, 2.05) is 0 Å². The molecule has 1 aromatic heterocycles. The first-order chi connectivity index (χ1) is 9.10. The van der Waals surface area contributed by atoms with E-state index in [-0.39, 0.29) is 11.1 Å². The van der Waals surface area contributed by atoms with Gasteiger partial charge in [-0.05, 0) is 24.3 Å². The van der Waals surface area contributed by atoms with Crippen LogP contribution in [0.3, 0.4) is 0 Å². The maximum atomic E-state index is 12.0. The fourth-order valence-electron chi connectivity index (χ4n) is 1.46. The molecule has 0 bridgehead atoms. The molecular weight excluding hydrogens is 287 g/mol. The van der Waals surface area contributed by atoms with Gasteiger partial charge in [0, 0.05) is 17.8 Å². The first-order valence-electron chi connectivity index (χ1n) is 5.36. The molecule has 0 aliphatic rings. The maximum absolute atomic E-state index is 12.0. The molecule has 0 aliphatic heterocycles. The number of halogens is 2. The Morgan fingerprint density at radius 1 is 1.26 bits per heavy atom. The Morgan fingerprint density at radius 2 is 2.05 bits per heavy atom. The SMILES string of the molecule is COc1ccc(NC(=O)c2ccnc(Cl)c2)c(Cl)c1. The number of pyridine rings is 1. The van der Waals surface area contributed by atoms with Crippen LogP contribution in [-0.4, -0.2) is 18.0 Å². The van der Waals surface area contributed by atoms with Gasteiger partial charge in [-0.15, -0.1) is 0 Å². The number of nitrogens with zero attached hydrogens (tertiary/aromatic N) is 1. The van der Waals surface area contributed by atoms with Gasteiger partial charge < -0.3 is 10.1 Å². The van der Waals surface area contributed by atoms with Crippen LogP contribution < -0.4 is 10.1 Å². The molecule has 4 nitrogen and oxygen atoms in total. The van der Waals surface area contributed by atoms with Crippen LogP contribution >= 0.6 is 23.2 Å². The molecule has 0 radical (unpaired) electrons. The van der Waals surface area contributed by atoms with Gasteiger partial charge in [0.25, 0.3) is 5.91 Å². The van der Waals surface area contributed by atoms with Gasteiger partial charge in [-0.3, -0.25) is 4.79 Å². The van der Waals surface area contributed by atoms with E-state index < -0.39 is 0 Å². The molecule has 1 aromatic carbocycles. The molecule has 2 aromatic rings. The fraction of sp³-hybridized carbons (Fsp3) is 0.0769. The summed E-state index contributed by atoms with van der Waals surface area (Å²) in [7, 11) is 1.54. The number of benzene rings is 1. The van der Waals surface area contributed by atoms with Crippen LogP contribution in [0, 0.1) is 0 Å². The van der Waals surface area contributed by atoms with Crippen LogP contribution in [0.1, 0.15) is 10.4 Å². The summed E-state index contributed by atoms with van der Waals surface area (Å²) < 4.78 is 5.03. The molecule has 98 valence electrons. The predicted octanol–water partition coefficient (Wildman–Crippen LogP) is 3.65. The maximum Gasteiger partial charge on any atom is 0.255 e. The van der Waals surface area contributed by atoms with E-state index in [4.69, 9.17) is 27.9 Å². The largest absolute Gasteiger partial charge is 0.497 e. The lowest BCUT2D eigenvalue weighted by Gasteiger charge is -2.08. The molecule has 1 N–H and O–H groups in total. The monoisotopic (exact) mass is 296 g/mol. The van der Waals surface area contributed by atoms with Crippen molar-refractivity contribution in [1.82, 2.24) is 4.98 Å². The standard InChI is InChI=1S/C13H10Cl2N2O2/c1-19-9-2-3-11(10(14)7-9)17-13(18)8-4-5-16-12(15)6-8/h2-7H,1H3,(H,17,18). The van der Waals surface area contributed by atoms with Gasteiger partial charge in [-0.2, -0.15) is 0 Å². The molecule has 0 aliphatic carbocycles. The summed E-state index contributed by atoms with van der Waals surface area (Å²) in [5, 5.41) is 3.35. The zero-order valence-electron chi connectivity index (χ0n) is 9.98. The van der Waals surface area contributed by atoms with Gasteiger partial charge in [0.05, 0.1) is 17.8 Å². The van der Waals surface area contributed by atoms with Crippen LogP contribution in [0.4, 0.5) is 5.69 Å². The molecule has 0 atom stereocenters. The van der Waals surface area contributed by atoms with E-state index in [0.29, 0.717) is 22.0 Å². The van der Waals surface area contributed by atoms with E-state index in [1.54, 1.807) is 31.4 Å². The van der Waals surface area contributed by atoms with Crippen molar-refractivity contribution >= 4 is 34.8 Å². The van der Waals surface area contributed by atoms with Crippen molar-refractivity contribution in [2.45, 2.75) is 0 Å². The lowest BCUT2D eigenvalue weighted by molar-refractivity contribution is 0.102. The summed E-state index contributed by atoms with van der Waals surface area (Å²) in [6.07, 6.45) is 1.47. The summed E-state index contributed by atoms with van der Waals surface area (Å²) in [5.74, 6) is 0.311. The number of carbonyl (C=O) groups excluding carboxylic acids is 1. The summed E-state index contributed by atoms with van der Waals surface area (Å²) in [5.41, 5.74) is 0.910. The third kappa shape index (κ3) is 3.36. The zero-order valence-corrected chi connectivity index (χ0v) is 11.5. The quantitative estimate of drug-likeness (QED) is 0.880. The Morgan fingerprint density at radius 3 is 2.68 bits per heavy atom. The number of methoxy groups -OCH3 is 1. The van der Waals surface area contributed by atoms with E-state index >= 15 is 0 Å². The van der Waals surface area contributed by atoms with E-state index in [0.717, 1.165) is 0 Å². The summed E-state index contributed by atoms with van der Waals surface area (Å²) >= 11 is 11.8. The summed E-state index contributed by atoms with van der Waals surface area (Å²) in [6, 6.07) is 8.05. The number of carbonyl (C=O) groups is 1. The van der Waals surface area contributed by atoms with E-state index in [9.17, 15) is 4.79 Å². The number of nitrogens with one attached hydrogen (secondary N) is 1. The second kappa shape index (κ2) is 5.91. The van der Waals surface area contributed by atoms with Gasteiger partial charge in [-0.1, -0.05) is 23.2 Å². The highest BCUT2D eigenvalue weighted by Gasteiger charge is 2.09. The number of amides is 1. The molecule has 1 amide bonds. The smallest absolute Gasteiger partial charge is 0.255 e. The highest BCUT2D eigenvalue weighted by Crippen LogP contribution is 2.27. The molecule has 0 fully saturated rings. The minimum atomic E-state index is -0.309. The van der Waals surface area contributed by atoms with E-state index in [1.165, 1.54) is 12.3 Å². The van der Waals surface area contributed by atoms with Crippen molar-refractivity contribution in [3.63, 3.8) is 0 Å². The molecule has 6 heteroatoms. The zero-order chi connectivity index (χ0) is 13.8. The predicted molar refractivity (Wildman–Crippen MR) is 75.2 cm³/mol. The Hall–Kier alpha value is -1.78. The molecule has 1 heterocycles. The minimum Gasteiger partial charge on any atom is -0.497 e. The van der Waals surface area contributed by atoms with Crippen LogP contribution in [-0.2, 0) is 0 Å². The molecule has 0 saturated heterocycles. The Labute approximate surface area is 120 Å². The average Bonchev–Trinajstić information content (AvgIpc) is 2.41. The number of hydrogen-bond donors (Lipinski definition) is 1. The van der Waals surface area contributed by atoms with Crippen LogP contribution in [0.25, 0.3) is 0 Å². The topological polar surface area (TPSA) is 51.2 Å². The Kier molecular flexibility index (Phi) is 4.24. The van der Waals surface area contributed by atoms with Crippen molar-refractivity contribution in [3.05, 3.63) is 52.3 Å². The highest BCUT2D eigenvalue weighted by atomic mass is 35.5. The van der Waals surface area contributed by atoms with Crippen LogP contribution in [0.5, 0.6) is 5.75 Å². The number of rotatable bonds is 3. The Balaban J connectivity index is 2.19. The van der Waals surface area contributed by atoms with Gasteiger partial charge in [-0.25, -0.2) is 4.98 Å². The van der Waals surface area contributed by atoms with Gasteiger partial charge in [0.15, 0.2) is 0 Å². The first-order valence-corrected chi connectivity index (χ1v) is 6.12. The van der Waals surface area contributed by atoms with Crippen molar-refractivity contribution < 1.29 is 9.53 Å². The summed E-state index contributed by atoms with van der Waals surface area (Å²) in [6.45, 7) is 0. The van der Waals surface area contributed by atoms with Crippen molar-refractivity contribution in [1.29, 1.82) is 0 Å². The van der Waals surface area contributed by atoms with Crippen LogP contribution in [0.15, 0.2) is 36.5 Å². The van der Waals surface area contributed by atoms with Gasteiger partial charge >= 0.3 is 0 Å². The fourth-order valence-corrected chi connectivity index (χ4v) is 1.85. The summed E-state index contributed by atoms with van der Waals surface area (Å²) in [4.78, 5) is 15.8. The second-order valence-corrected chi connectivity index (χ2v) is 4.46. The van der Waals surface area contributed by atoms with Gasteiger partial charge in [0.2, 0.25) is 0 Å². The molecule has 0 saturated carbocycles. The molecule has 2 rings (SSSR count).